The summed E-state index contributed by atoms with van der Waals surface area (Å²) in [6.07, 6.45) is 1.66. The van der Waals surface area contributed by atoms with E-state index in [1.54, 1.807) is 0 Å². The Morgan fingerprint density at radius 2 is 1.97 bits per heavy atom. The minimum atomic E-state index is -0.698. The summed E-state index contributed by atoms with van der Waals surface area (Å²) in [4.78, 5) is 4.63. The molecule has 32 heavy (non-hydrogen) atoms. The number of rotatable bonds is 9. The third-order valence-corrected chi connectivity index (χ3v) is 5.49. The number of nitrogens with zero attached hydrogens (tertiary/aromatic N) is 1. The van der Waals surface area contributed by atoms with E-state index >= 15 is 0 Å². The van der Waals surface area contributed by atoms with Crippen LogP contribution in [0.25, 0.3) is 0 Å². The molecule has 6 heteroatoms. The van der Waals surface area contributed by atoms with Gasteiger partial charge in [0.05, 0.1) is 24.9 Å². The second kappa shape index (κ2) is 12.5. The van der Waals surface area contributed by atoms with Crippen LogP contribution in [0.5, 0.6) is 5.75 Å². The quantitative estimate of drug-likeness (QED) is 0.403. The first kappa shape index (κ1) is 24.1. The zero-order chi connectivity index (χ0) is 22.8. The average molecular weight is 440 g/mol. The second-order valence-corrected chi connectivity index (χ2v) is 8.46. The van der Waals surface area contributed by atoms with Crippen LogP contribution in [0.15, 0.2) is 59.6 Å². The van der Waals surface area contributed by atoms with Crippen molar-refractivity contribution < 1.29 is 14.6 Å². The largest absolute Gasteiger partial charge is 0.491 e. The molecule has 2 aromatic rings. The lowest BCUT2D eigenvalue weighted by atomic mass is 9.89. The Bertz CT molecular complexity index is 841. The maximum Gasteiger partial charge on any atom is 0.191 e. The van der Waals surface area contributed by atoms with Crippen LogP contribution >= 0.6 is 0 Å². The summed E-state index contributed by atoms with van der Waals surface area (Å²) in [5.74, 6) is 1.83. The van der Waals surface area contributed by atoms with Gasteiger partial charge in [0.15, 0.2) is 5.96 Å². The van der Waals surface area contributed by atoms with Gasteiger partial charge in [-0.2, -0.15) is 0 Å². The topological polar surface area (TPSA) is 75.1 Å². The fourth-order valence-electron chi connectivity index (χ4n) is 3.98. The Morgan fingerprint density at radius 3 is 2.72 bits per heavy atom. The highest BCUT2D eigenvalue weighted by atomic mass is 16.5. The minimum absolute atomic E-state index is 0.0912. The van der Waals surface area contributed by atoms with Crippen LogP contribution < -0.4 is 15.4 Å². The monoisotopic (exact) mass is 439 g/mol. The lowest BCUT2D eigenvalue weighted by Gasteiger charge is -2.32. The molecule has 3 unspecified atom stereocenters. The van der Waals surface area contributed by atoms with Crippen molar-refractivity contribution in [2.75, 3.05) is 26.2 Å². The van der Waals surface area contributed by atoms with Gasteiger partial charge in [-0.25, -0.2) is 0 Å². The van der Waals surface area contributed by atoms with Crippen molar-refractivity contribution in [3.05, 3.63) is 65.7 Å². The first-order valence-electron chi connectivity index (χ1n) is 11.7. The first-order chi connectivity index (χ1) is 15.6. The van der Waals surface area contributed by atoms with Gasteiger partial charge in [-0.15, -0.1) is 0 Å². The Labute approximate surface area is 192 Å². The third kappa shape index (κ3) is 7.24. The van der Waals surface area contributed by atoms with Gasteiger partial charge in [0.25, 0.3) is 0 Å². The molecule has 1 saturated heterocycles. The summed E-state index contributed by atoms with van der Waals surface area (Å²) in [6.45, 7) is 8.60. The van der Waals surface area contributed by atoms with Crippen molar-refractivity contribution in [2.24, 2.45) is 10.9 Å². The maximum absolute atomic E-state index is 10.7. The zero-order valence-electron chi connectivity index (χ0n) is 19.5. The molecule has 0 bridgehead atoms. The Hall–Kier alpha value is -2.57. The van der Waals surface area contributed by atoms with E-state index in [1.807, 2.05) is 51.1 Å². The van der Waals surface area contributed by atoms with Gasteiger partial charge in [-0.3, -0.25) is 4.99 Å². The summed E-state index contributed by atoms with van der Waals surface area (Å²) >= 11 is 0. The zero-order valence-corrected chi connectivity index (χ0v) is 19.5. The molecule has 174 valence electrons. The smallest absolute Gasteiger partial charge is 0.191 e. The molecule has 1 heterocycles. The van der Waals surface area contributed by atoms with Crippen molar-refractivity contribution in [3.63, 3.8) is 0 Å². The SMILES string of the molecule is CCNC(=NCC(O)c1cccc(OC(C)C)c1)NCC1CCCOC1c1ccccc1. The minimum Gasteiger partial charge on any atom is -0.491 e. The summed E-state index contributed by atoms with van der Waals surface area (Å²) in [7, 11) is 0. The second-order valence-electron chi connectivity index (χ2n) is 8.46. The van der Waals surface area contributed by atoms with Gasteiger partial charge in [-0.05, 0) is 56.9 Å². The van der Waals surface area contributed by atoms with E-state index in [1.165, 1.54) is 5.56 Å². The van der Waals surface area contributed by atoms with Crippen LogP contribution in [0.2, 0.25) is 0 Å². The normalized spacial score (nSPS) is 20.1. The number of ether oxygens (including phenoxy) is 2. The van der Waals surface area contributed by atoms with E-state index < -0.39 is 6.10 Å². The summed E-state index contributed by atoms with van der Waals surface area (Å²) in [5, 5.41) is 17.4. The molecule has 1 aliphatic heterocycles. The summed E-state index contributed by atoms with van der Waals surface area (Å²) in [5.41, 5.74) is 2.02. The molecule has 3 N–H and O–H groups in total. The molecule has 0 aliphatic carbocycles. The maximum atomic E-state index is 10.7. The number of guanidine groups is 1. The van der Waals surface area contributed by atoms with E-state index in [0.29, 0.717) is 11.9 Å². The van der Waals surface area contributed by atoms with E-state index in [2.05, 4.69) is 39.9 Å². The Morgan fingerprint density at radius 1 is 1.16 bits per heavy atom. The standard InChI is InChI=1S/C26H37N3O3/c1-4-27-26(29-18-24(30)21-12-8-14-23(16-21)32-19(2)3)28-17-22-13-9-15-31-25(22)20-10-6-5-7-11-20/h5-8,10-12,14,16,19,22,24-25,30H,4,9,13,15,17-18H2,1-3H3,(H2,27,28,29). The Balaban J connectivity index is 1.60. The van der Waals surface area contributed by atoms with E-state index in [-0.39, 0.29) is 18.8 Å². The first-order valence-corrected chi connectivity index (χ1v) is 11.7. The number of aliphatic imine (C=N–C) groups is 1. The van der Waals surface area contributed by atoms with Gasteiger partial charge >= 0.3 is 0 Å². The van der Waals surface area contributed by atoms with Crippen molar-refractivity contribution >= 4 is 5.96 Å². The molecule has 1 aliphatic rings. The van der Waals surface area contributed by atoms with Crippen LogP contribution in [0.4, 0.5) is 0 Å². The van der Waals surface area contributed by atoms with E-state index in [4.69, 9.17) is 9.47 Å². The molecule has 0 aromatic heterocycles. The molecule has 3 atom stereocenters. The number of aliphatic hydroxyl groups excluding tert-OH is 1. The molecular weight excluding hydrogens is 402 g/mol. The molecule has 0 amide bonds. The number of benzene rings is 2. The lowest BCUT2D eigenvalue weighted by Crippen LogP contribution is -2.42. The highest BCUT2D eigenvalue weighted by Gasteiger charge is 2.27. The molecule has 1 fully saturated rings. The average Bonchev–Trinajstić information content (AvgIpc) is 2.81. The molecule has 0 spiro atoms. The van der Waals surface area contributed by atoms with Crippen LogP contribution in [0, 0.1) is 5.92 Å². The molecular formula is C26H37N3O3. The van der Waals surface area contributed by atoms with Gasteiger partial charge in [0.2, 0.25) is 0 Å². The van der Waals surface area contributed by atoms with Crippen LogP contribution in [0.1, 0.15) is 56.9 Å². The van der Waals surface area contributed by atoms with Crippen LogP contribution in [-0.2, 0) is 4.74 Å². The van der Waals surface area contributed by atoms with Crippen molar-refractivity contribution in [1.29, 1.82) is 0 Å². The lowest BCUT2D eigenvalue weighted by molar-refractivity contribution is -0.0265. The van der Waals surface area contributed by atoms with Crippen LogP contribution in [-0.4, -0.2) is 43.4 Å². The highest BCUT2D eigenvalue weighted by molar-refractivity contribution is 5.79. The van der Waals surface area contributed by atoms with Crippen LogP contribution in [0.3, 0.4) is 0 Å². The van der Waals surface area contributed by atoms with Gasteiger partial charge in [0.1, 0.15) is 5.75 Å². The molecule has 3 rings (SSSR count). The van der Waals surface area contributed by atoms with Gasteiger partial charge < -0.3 is 25.2 Å². The summed E-state index contributed by atoms with van der Waals surface area (Å²) < 4.78 is 11.8. The van der Waals surface area contributed by atoms with Crippen molar-refractivity contribution in [2.45, 2.75) is 51.9 Å². The molecule has 2 aromatic carbocycles. The predicted octanol–water partition coefficient (Wildman–Crippen LogP) is 4.23. The fourth-order valence-corrected chi connectivity index (χ4v) is 3.98. The van der Waals surface area contributed by atoms with Gasteiger partial charge in [0, 0.05) is 25.6 Å². The number of aliphatic hydroxyl groups is 1. The van der Waals surface area contributed by atoms with E-state index in [9.17, 15) is 5.11 Å². The highest BCUT2D eigenvalue weighted by Crippen LogP contribution is 2.33. The van der Waals surface area contributed by atoms with Crippen molar-refractivity contribution in [1.82, 2.24) is 10.6 Å². The predicted molar refractivity (Wildman–Crippen MR) is 129 cm³/mol. The van der Waals surface area contributed by atoms with E-state index in [0.717, 1.165) is 43.9 Å². The number of hydrogen-bond donors (Lipinski definition) is 3. The molecule has 0 saturated carbocycles. The fraction of sp³-hybridized carbons (Fsp3) is 0.500. The Kier molecular flexibility index (Phi) is 9.38. The molecule has 0 radical (unpaired) electrons. The third-order valence-electron chi connectivity index (χ3n) is 5.49. The summed E-state index contributed by atoms with van der Waals surface area (Å²) in [6, 6.07) is 18.0. The molecule has 6 nitrogen and oxygen atoms in total. The van der Waals surface area contributed by atoms with Gasteiger partial charge in [-0.1, -0.05) is 42.5 Å². The number of hydrogen-bond acceptors (Lipinski definition) is 4. The van der Waals surface area contributed by atoms with Crippen molar-refractivity contribution in [3.8, 4) is 5.75 Å². The number of nitrogens with one attached hydrogen (secondary N) is 2.